The lowest BCUT2D eigenvalue weighted by Crippen LogP contribution is -2.43. The van der Waals surface area contributed by atoms with Crippen LogP contribution >= 0.6 is 0 Å². The summed E-state index contributed by atoms with van der Waals surface area (Å²) in [5.41, 5.74) is -2.25. The standard InChI is InChI=1S/C21H21F5N2O2/c1-12-13(20(22,23)21(24,25)26)9-10-14-16(12)17(28-11-7-6-8-15(28)29)18(27(4)5)19(2,3)30-14/h6-11H,1-5H3. The molecule has 4 nitrogen and oxygen atoms in total. The van der Waals surface area contributed by atoms with Crippen molar-refractivity contribution < 1.29 is 26.7 Å². The van der Waals surface area contributed by atoms with Crippen molar-refractivity contribution in [1.29, 1.82) is 0 Å². The van der Waals surface area contributed by atoms with Gasteiger partial charge in [-0.1, -0.05) is 6.07 Å². The van der Waals surface area contributed by atoms with Gasteiger partial charge in [0, 0.05) is 37.5 Å². The Bertz CT molecular complexity index is 1080. The van der Waals surface area contributed by atoms with E-state index in [0.717, 1.165) is 12.1 Å². The molecule has 0 fully saturated rings. The fourth-order valence-electron chi connectivity index (χ4n) is 3.88. The third-order valence-corrected chi connectivity index (χ3v) is 5.03. The predicted molar refractivity (Wildman–Crippen MR) is 103 cm³/mol. The summed E-state index contributed by atoms with van der Waals surface area (Å²) in [5.74, 6) is -4.94. The Morgan fingerprint density at radius 2 is 1.67 bits per heavy atom. The summed E-state index contributed by atoms with van der Waals surface area (Å²) in [7, 11) is 3.37. The van der Waals surface area contributed by atoms with Gasteiger partial charge in [0.1, 0.15) is 11.4 Å². The molecular weight excluding hydrogens is 407 g/mol. The second-order valence-electron chi connectivity index (χ2n) is 7.80. The van der Waals surface area contributed by atoms with Crippen LogP contribution in [0.3, 0.4) is 0 Å². The van der Waals surface area contributed by atoms with Crippen molar-refractivity contribution >= 4 is 5.70 Å². The average Bonchev–Trinajstić information content (AvgIpc) is 2.59. The number of aromatic nitrogens is 1. The zero-order valence-electron chi connectivity index (χ0n) is 17.1. The summed E-state index contributed by atoms with van der Waals surface area (Å²) in [6.07, 6.45) is -4.32. The van der Waals surface area contributed by atoms with Gasteiger partial charge in [-0.3, -0.25) is 9.36 Å². The quantitative estimate of drug-likeness (QED) is 0.662. The van der Waals surface area contributed by atoms with Gasteiger partial charge in [-0.15, -0.1) is 0 Å². The molecule has 3 rings (SSSR count). The third-order valence-electron chi connectivity index (χ3n) is 5.03. The van der Waals surface area contributed by atoms with Crippen molar-refractivity contribution in [3.63, 3.8) is 0 Å². The van der Waals surface area contributed by atoms with Crippen molar-refractivity contribution in [2.75, 3.05) is 14.1 Å². The van der Waals surface area contributed by atoms with Crippen LogP contribution in [-0.2, 0) is 5.92 Å². The fourth-order valence-corrected chi connectivity index (χ4v) is 3.88. The Kier molecular flexibility index (Phi) is 4.99. The lowest BCUT2D eigenvalue weighted by Gasteiger charge is -2.41. The minimum Gasteiger partial charge on any atom is -0.481 e. The summed E-state index contributed by atoms with van der Waals surface area (Å²) in [6, 6.07) is 6.20. The number of halogens is 5. The summed E-state index contributed by atoms with van der Waals surface area (Å²) >= 11 is 0. The van der Waals surface area contributed by atoms with E-state index in [1.807, 2.05) is 0 Å². The molecule has 0 atom stereocenters. The van der Waals surface area contributed by atoms with Gasteiger partial charge in [-0.2, -0.15) is 22.0 Å². The van der Waals surface area contributed by atoms with Gasteiger partial charge in [0.05, 0.1) is 11.4 Å². The van der Waals surface area contributed by atoms with Crippen LogP contribution in [0.2, 0.25) is 0 Å². The highest BCUT2D eigenvalue weighted by Gasteiger charge is 2.59. The lowest BCUT2D eigenvalue weighted by molar-refractivity contribution is -0.289. The van der Waals surface area contributed by atoms with Gasteiger partial charge in [0.25, 0.3) is 5.56 Å². The summed E-state index contributed by atoms with van der Waals surface area (Å²) in [5, 5.41) is 0. The van der Waals surface area contributed by atoms with E-state index in [9.17, 15) is 26.7 Å². The number of fused-ring (bicyclic) bond motifs is 1. The maximum Gasteiger partial charge on any atom is 0.458 e. The molecule has 0 saturated carbocycles. The van der Waals surface area contributed by atoms with Crippen molar-refractivity contribution in [3.05, 3.63) is 69.3 Å². The number of pyridine rings is 1. The summed E-state index contributed by atoms with van der Waals surface area (Å²) < 4.78 is 75.0. The molecular formula is C21H21F5N2O2. The maximum absolute atomic E-state index is 14.2. The largest absolute Gasteiger partial charge is 0.481 e. The number of likely N-dealkylation sites (N-methyl/N-ethyl adjacent to an activating group) is 1. The number of hydrogen-bond donors (Lipinski definition) is 0. The Morgan fingerprint density at radius 3 is 2.20 bits per heavy atom. The number of benzene rings is 1. The van der Waals surface area contributed by atoms with Crippen molar-refractivity contribution in [1.82, 2.24) is 9.47 Å². The Labute approximate surface area is 170 Å². The number of hydrogen-bond acceptors (Lipinski definition) is 3. The molecule has 0 aliphatic carbocycles. The molecule has 1 aliphatic heterocycles. The number of ether oxygens (including phenoxy) is 1. The molecule has 0 spiro atoms. The normalized spacial score (nSPS) is 16.2. The molecule has 0 N–H and O–H groups in total. The average molecular weight is 428 g/mol. The SMILES string of the molecule is Cc1c(C(F)(F)C(F)(F)F)ccc2c1C(n1ccccc1=O)=C(N(C)C)C(C)(C)O2. The molecule has 0 radical (unpaired) electrons. The molecule has 2 heterocycles. The van der Waals surface area contributed by atoms with Gasteiger partial charge < -0.3 is 9.64 Å². The van der Waals surface area contributed by atoms with E-state index in [4.69, 9.17) is 4.74 Å². The van der Waals surface area contributed by atoms with Crippen LogP contribution in [0.5, 0.6) is 5.75 Å². The zero-order valence-corrected chi connectivity index (χ0v) is 17.1. The van der Waals surface area contributed by atoms with Gasteiger partial charge in [0.15, 0.2) is 0 Å². The highest BCUT2D eigenvalue weighted by atomic mass is 19.4. The molecule has 0 bridgehead atoms. The van der Waals surface area contributed by atoms with Crippen molar-refractivity contribution in [2.24, 2.45) is 0 Å². The van der Waals surface area contributed by atoms with Crippen LogP contribution in [0.25, 0.3) is 5.70 Å². The van der Waals surface area contributed by atoms with Crippen LogP contribution in [0, 0.1) is 6.92 Å². The van der Waals surface area contributed by atoms with Gasteiger partial charge in [0.2, 0.25) is 0 Å². The molecule has 1 aromatic heterocycles. The molecule has 162 valence electrons. The van der Waals surface area contributed by atoms with Gasteiger partial charge in [-0.05, 0) is 44.5 Å². The highest BCUT2D eigenvalue weighted by Crippen LogP contribution is 2.50. The second kappa shape index (κ2) is 6.85. The van der Waals surface area contributed by atoms with Crippen LogP contribution in [0.1, 0.15) is 30.5 Å². The predicted octanol–water partition coefficient (Wildman–Crippen LogP) is 4.76. The van der Waals surface area contributed by atoms with Crippen LogP contribution in [0.15, 0.2) is 47.0 Å². The molecule has 9 heteroatoms. The maximum atomic E-state index is 14.2. The van der Waals surface area contributed by atoms with Crippen molar-refractivity contribution in [3.8, 4) is 5.75 Å². The van der Waals surface area contributed by atoms with E-state index in [-0.39, 0.29) is 22.6 Å². The van der Waals surface area contributed by atoms with Gasteiger partial charge >= 0.3 is 12.1 Å². The smallest absolute Gasteiger partial charge is 0.458 e. The zero-order chi connectivity index (χ0) is 22.6. The van der Waals surface area contributed by atoms with E-state index in [2.05, 4.69) is 0 Å². The van der Waals surface area contributed by atoms with E-state index in [1.54, 1.807) is 38.9 Å². The number of alkyl halides is 5. The second-order valence-corrected chi connectivity index (χ2v) is 7.80. The summed E-state index contributed by atoms with van der Waals surface area (Å²) in [4.78, 5) is 14.3. The molecule has 0 amide bonds. The first-order chi connectivity index (χ1) is 13.7. The lowest BCUT2D eigenvalue weighted by atomic mass is 9.88. The van der Waals surface area contributed by atoms with Crippen molar-refractivity contribution in [2.45, 2.75) is 38.5 Å². The summed E-state index contributed by atoms with van der Waals surface area (Å²) in [6.45, 7) is 4.64. The molecule has 1 aliphatic rings. The van der Waals surface area contributed by atoms with Gasteiger partial charge in [-0.25, -0.2) is 0 Å². The Balaban J connectivity index is 2.47. The first-order valence-electron chi connectivity index (χ1n) is 9.08. The fraction of sp³-hybridized carbons (Fsp3) is 0.381. The van der Waals surface area contributed by atoms with Crippen LogP contribution in [-0.4, -0.2) is 35.3 Å². The number of rotatable bonds is 3. The monoisotopic (exact) mass is 428 g/mol. The van der Waals surface area contributed by atoms with Crippen LogP contribution in [0.4, 0.5) is 22.0 Å². The third kappa shape index (κ3) is 3.26. The molecule has 0 saturated heterocycles. The Hall–Kier alpha value is -2.84. The molecule has 30 heavy (non-hydrogen) atoms. The molecule has 1 aromatic carbocycles. The highest BCUT2D eigenvalue weighted by molar-refractivity contribution is 5.79. The first kappa shape index (κ1) is 21.9. The topological polar surface area (TPSA) is 34.5 Å². The van der Waals surface area contributed by atoms with E-state index in [0.29, 0.717) is 5.70 Å². The Morgan fingerprint density at radius 1 is 1.03 bits per heavy atom. The van der Waals surface area contributed by atoms with E-state index in [1.165, 1.54) is 29.8 Å². The minimum atomic E-state index is -5.77. The van der Waals surface area contributed by atoms with E-state index >= 15 is 0 Å². The number of nitrogens with zero attached hydrogens (tertiary/aromatic N) is 2. The first-order valence-corrected chi connectivity index (χ1v) is 9.08. The van der Waals surface area contributed by atoms with E-state index < -0.39 is 28.8 Å². The molecule has 0 unspecified atom stereocenters. The van der Waals surface area contributed by atoms with Crippen LogP contribution < -0.4 is 10.3 Å². The minimum absolute atomic E-state index is 0.0211. The molecule has 2 aromatic rings.